The monoisotopic (exact) mass is 368 g/mol. The number of halogens is 2. The molecule has 0 spiro atoms. The molecule has 8 heteroatoms. The van der Waals surface area contributed by atoms with Crippen LogP contribution >= 0.6 is 0 Å². The SMILES string of the molecule is CNC(=O)c1ccc(CN(C)c2ccc(S(=O)(=O)C(F)F)cc2)cc1. The van der Waals surface area contributed by atoms with Gasteiger partial charge in [0, 0.05) is 31.9 Å². The molecule has 0 fully saturated rings. The van der Waals surface area contributed by atoms with Gasteiger partial charge in [-0.1, -0.05) is 12.1 Å². The van der Waals surface area contributed by atoms with Gasteiger partial charge in [0.05, 0.1) is 4.90 Å². The molecule has 0 saturated heterocycles. The Morgan fingerprint density at radius 2 is 1.64 bits per heavy atom. The largest absolute Gasteiger partial charge is 0.370 e. The first-order valence-electron chi connectivity index (χ1n) is 7.40. The average Bonchev–Trinajstić information content (AvgIpc) is 2.61. The van der Waals surface area contributed by atoms with Crippen molar-refractivity contribution in [1.29, 1.82) is 0 Å². The van der Waals surface area contributed by atoms with Crippen LogP contribution in [0.3, 0.4) is 0 Å². The molecule has 0 bridgehead atoms. The van der Waals surface area contributed by atoms with Crippen molar-refractivity contribution in [3.8, 4) is 0 Å². The summed E-state index contributed by atoms with van der Waals surface area (Å²) in [6.07, 6.45) is 0. The second-order valence-electron chi connectivity index (χ2n) is 5.43. The van der Waals surface area contributed by atoms with Crippen LogP contribution in [0.25, 0.3) is 0 Å². The van der Waals surface area contributed by atoms with Crippen molar-refractivity contribution in [2.75, 3.05) is 19.0 Å². The predicted molar refractivity (Wildman–Crippen MR) is 91.6 cm³/mol. The minimum Gasteiger partial charge on any atom is -0.370 e. The maximum Gasteiger partial charge on any atom is 0.341 e. The van der Waals surface area contributed by atoms with Gasteiger partial charge in [-0.2, -0.15) is 8.78 Å². The van der Waals surface area contributed by atoms with Crippen LogP contribution in [0.15, 0.2) is 53.4 Å². The fourth-order valence-electron chi connectivity index (χ4n) is 2.26. The van der Waals surface area contributed by atoms with Gasteiger partial charge in [0.1, 0.15) is 0 Å². The highest BCUT2D eigenvalue weighted by molar-refractivity contribution is 7.91. The maximum atomic E-state index is 12.5. The lowest BCUT2D eigenvalue weighted by Crippen LogP contribution is -2.19. The summed E-state index contributed by atoms with van der Waals surface area (Å²) >= 11 is 0. The van der Waals surface area contributed by atoms with E-state index >= 15 is 0 Å². The maximum absolute atomic E-state index is 12.5. The summed E-state index contributed by atoms with van der Waals surface area (Å²) in [6.45, 7) is 0.509. The molecule has 134 valence electrons. The third-order valence-electron chi connectivity index (χ3n) is 3.70. The Bertz CT molecular complexity index is 835. The van der Waals surface area contributed by atoms with E-state index in [9.17, 15) is 22.0 Å². The number of rotatable bonds is 6. The number of alkyl halides is 2. The minimum absolute atomic E-state index is 0.171. The van der Waals surface area contributed by atoms with Gasteiger partial charge in [-0.3, -0.25) is 4.79 Å². The molecule has 0 aromatic heterocycles. The van der Waals surface area contributed by atoms with Crippen LogP contribution in [0, 0.1) is 0 Å². The molecule has 0 aliphatic heterocycles. The molecule has 2 aromatic rings. The van der Waals surface area contributed by atoms with E-state index < -0.39 is 20.5 Å². The first-order valence-corrected chi connectivity index (χ1v) is 8.94. The molecular formula is C17H18F2N2O3S. The van der Waals surface area contributed by atoms with Gasteiger partial charge < -0.3 is 10.2 Å². The van der Waals surface area contributed by atoms with Crippen LogP contribution in [0.5, 0.6) is 0 Å². The average molecular weight is 368 g/mol. The standard InChI is InChI=1S/C17H18F2N2O3S/c1-20-16(22)13-5-3-12(4-6-13)11-21(2)14-7-9-15(10-8-14)25(23,24)17(18)19/h3-10,17H,11H2,1-2H3,(H,20,22). The summed E-state index contributed by atoms with van der Waals surface area (Å²) < 4.78 is 47.9. The zero-order valence-corrected chi connectivity index (χ0v) is 14.6. The summed E-state index contributed by atoms with van der Waals surface area (Å²) in [5.41, 5.74) is 2.18. The molecule has 1 N–H and O–H groups in total. The number of nitrogens with one attached hydrogen (secondary N) is 1. The quantitative estimate of drug-likeness (QED) is 0.851. The van der Waals surface area contributed by atoms with Crippen LogP contribution in [-0.4, -0.2) is 34.2 Å². The lowest BCUT2D eigenvalue weighted by Gasteiger charge is -2.20. The van der Waals surface area contributed by atoms with Crippen molar-refractivity contribution in [2.24, 2.45) is 0 Å². The summed E-state index contributed by atoms with van der Waals surface area (Å²) in [7, 11) is -1.23. The number of anilines is 1. The molecule has 2 aromatic carbocycles. The van der Waals surface area contributed by atoms with Crippen molar-refractivity contribution >= 4 is 21.4 Å². The number of nitrogens with zero attached hydrogens (tertiary/aromatic N) is 1. The van der Waals surface area contributed by atoms with Crippen molar-refractivity contribution in [3.05, 3.63) is 59.7 Å². The Morgan fingerprint density at radius 3 is 2.12 bits per heavy atom. The van der Waals surface area contributed by atoms with Gasteiger partial charge in [0.2, 0.25) is 9.84 Å². The van der Waals surface area contributed by atoms with E-state index in [1.54, 1.807) is 26.2 Å². The normalized spacial score (nSPS) is 11.4. The summed E-state index contributed by atoms with van der Waals surface area (Å²) in [6, 6.07) is 12.3. The zero-order chi connectivity index (χ0) is 18.6. The van der Waals surface area contributed by atoms with E-state index in [1.807, 2.05) is 17.0 Å². The van der Waals surface area contributed by atoms with Crippen LogP contribution in [-0.2, 0) is 16.4 Å². The van der Waals surface area contributed by atoms with Crippen LogP contribution in [0.2, 0.25) is 0 Å². The fraction of sp³-hybridized carbons (Fsp3) is 0.235. The first-order chi connectivity index (χ1) is 11.8. The van der Waals surface area contributed by atoms with Crippen molar-refractivity contribution < 1.29 is 22.0 Å². The third-order valence-corrected chi connectivity index (χ3v) is 5.10. The second kappa shape index (κ2) is 7.60. The molecule has 0 atom stereocenters. The van der Waals surface area contributed by atoms with E-state index in [4.69, 9.17) is 0 Å². The molecule has 0 unspecified atom stereocenters. The molecule has 0 radical (unpaired) electrons. The van der Waals surface area contributed by atoms with Crippen molar-refractivity contribution in [3.63, 3.8) is 0 Å². The van der Waals surface area contributed by atoms with Crippen LogP contribution in [0.1, 0.15) is 15.9 Å². The van der Waals surface area contributed by atoms with Gasteiger partial charge in [0.15, 0.2) is 0 Å². The lowest BCUT2D eigenvalue weighted by atomic mass is 10.1. The molecule has 5 nitrogen and oxygen atoms in total. The van der Waals surface area contributed by atoms with Gasteiger partial charge >= 0.3 is 5.76 Å². The Kier molecular flexibility index (Phi) is 5.73. The Balaban J connectivity index is 2.11. The second-order valence-corrected chi connectivity index (χ2v) is 7.35. The molecule has 0 heterocycles. The Morgan fingerprint density at radius 1 is 1.08 bits per heavy atom. The van der Waals surface area contributed by atoms with E-state index in [2.05, 4.69) is 5.32 Å². The number of hydrogen-bond acceptors (Lipinski definition) is 4. The smallest absolute Gasteiger partial charge is 0.341 e. The Hall–Kier alpha value is -2.48. The van der Waals surface area contributed by atoms with E-state index in [0.717, 1.165) is 5.56 Å². The lowest BCUT2D eigenvalue weighted by molar-refractivity contribution is 0.0963. The first kappa shape index (κ1) is 18.9. The molecule has 0 aliphatic carbocycles. The molecular weight excluding hydrogens is 350 g/mol. The molecule has 0 saturated carbocycles. The number of carbonyl (C=O) groups is 1. The number of hydrogen-bond donors (Lipinski definition) is 1. The van der Waals surface area contributed by atoms with Gasteiger partial charge in [-0.15, -0.1) is 0 Å². The number of amides is 1. The topological polar surface area (TPSA) is 66.5 Å². The number of sulfone groups is 1. The van der Waals surface area contributed by atoms with Crippen LogP contribution < -0.4 is 10.2 Å². The van der Waals surface area contributed by atoms with Crippen LogP contribution in [0.4, 0.5) is 14.5 Å². The van der Waals surface area contributed by atoms with Crippen molar-refractivity contribution in [1.82, 2.24) is 5.32 Å². The molecule has 1 amide bonds. The van der Waals surface area contributed by atoms with E-state index in [1.165, 1.54) is 24.3 Å². The van der Waals surface area contributed by atoms with E-state index in [0.29, 0.717) is 17.8 Å². The van der Waals surface area contributed by atoms with Gasteiger partial charge in [-0.05, 0) is 42.0 Å². The third kappa shape index (κ3) is 4.33. The highest BCUT2D eigenvalue weighted by Gasteiger charge is 2.26. The van der Waals surface area contributed by atoms with E-state index in [-0.39, 0.29) is 5.91 Å². The van der Waals surface area contributed by atoms with Gasteiger partial charge in [-0.25, -0.2) is 8.42 Å². The molecule has 25 heavy (non-hydrogen) atoms. The molecule has 2 rings (SSSR count). The van der Waals surface area contributed by atoms with Gasteiger partial charge in [0.25, 0.3) is 5.91 Å². The molecule has 0 aliphatic rings. The highest BCUT2D eigenvalue weighted by atomic mass is 32.2. The zero-order valence-electron chi connectivity index (χ0n) is 13.7. The minimum atomic E-state index is -4.58. The Labute approximate surface area is 145 Å². The summed E-state index contributed by atoms with van der Waals surface area (Å²) in [5, 5.41) is 2.54. The van der Waals surface area contributed by atoms with Crippen molar-refractivity contribution in [2.45, 2.75) is 17.2 Å². The summed E-state index contributed by atoms with van der Waals surface area (Å²) in [4.78, 5) is 12.9. The number of benzene rings is 2. The fourth-order valence-corrected chi connectivity index (χ4v) is 2.99. The highest BCUT2D eigenvalue weighted by Crippen LogP contribution is 2.22. The summed E-state index contributed by atoms with van der Waals surface area (Å²) in [5.74, 6) is -3.61. The predicted octanol–water partition coefficient (Wildman–Crippen LogP) is 2.68. The number of carbonyl (C=O) groups excluding carboxylic acids is 1.